The second-order valence-corrected chi connectivity index (χ2v) is 7.28. The molecule has 1 aromatic rings. The molecule has 2 aliphatic rings. The van der Waals surface area contributed by atoms with Crippen LogP contribution in [-0.2, 0) is 0 Å². The molecule has 2 N–H and O–H groups in total. The zero-order valence-electron chi connectivity index (χ0n) is 14.6. The molecule has 3 rings (SSSR count). The van der Waals surface area contributed by atoms with Gasteiger partial charge >= 0.3 is 0 Å². The van der Waals surface area contributed by atoms with E-state index in [1.165, 1.54) is 5.56 Å². The Labute approximate surface area is 144 Å². The summed E-state index contributed by atoms with van der Waals surface area (Å²) in [5.74, 6) is 0.263. The van der Waals surface area contributed by atoms with Crippen LogP contribution in [0.4, 0.5) is 4.39 Å². The molecule has 24 heavy (non-hydrogen) atoms. The largest absolute Gasteiger partial charge is 0.393 e. The molecule has 0 aliphatic carbocycles. The molecule has 2 heterocycles. The van der Waals surface area contributed by atoms with E-state index >= 15 is 0 Å². The van der Waals surface area contributed by atoms with Gasteiger partial charge in [0.15, 0.2) is 0 Å². The molecule has 0 radical (unpaired) electrons. The van der Waals surface area contributed by atoms with Crippen LogP contribution in [0.2, 0.25) is 0 Å². The predicted molar refractivity (Wildman–Crippen MR) is 94.7 cm³/mol. The highest BCUT2D eigenvalue weighted by atomic mass is 19.1. The number of rotatable bonds is 7. The van der Waals surface area contributed by atoms with Gasteiger partial charge in [0.1, 0.15) is 5.82 Å². The Morgan fingerprint density at radius 3 is 2.50 bits per heavy atom. The van der Waals surface area contributed by atoms with Gasteiger partial charge < -0.3 is 15.3 Å². The number of aliphatic hydroxyl groups excluding tert-OH is 1. The third kappa shape index (κ3) is 4.54. The van der Waals surface area contributed by atoms with Crippen LogP contribution in [0.5, 0.6) is 0 Å². The Morgan fingerprint density at radius 2 is 1.88 bits per heavy atom. The zero-order chi connectivity index (χ0) is 16.9. The number of likely N-dealkylation sites (tertiary alicyclic amines) is 2. The number of hydrogen-bond acceptors (Lipinski definition) is 4. The first-order valence-electron chi connectivity index (χ1n) is 9.20. The Kier molecular flexibility index (Phi) is 6.22. The molecule has 2 aliphatic heterocycles. The summed E-state index contributed by atoms with van der Waals surface area (Å²) in [5, 5.41) is 12.9. The van der Waals surface area contributed by atoms with Gasteiger partial charge in [0.2, 0.25) is 0 Å². The van der Waals surface area contributed by atoms with Gasteiger partial charge in [0.05, 0.1) is 6.10 Å². The van der Waals surface area contributed by atoms with E-state index in [-0.39, 0.29) is 11.9 Å². The second-order valence-electron chi connectivity index (χ2n) is 7.28. The average molecular weight is 335 g/mol. The van der Waals surface area contributed by atoms with Crippen molar-refractivity contribution in [1.82, 2.24) is 15.1 Å². The predicted octanol–water partition coefficient (Wildman–Crippen LogP) is 1.66. The second kappa shape index (κ2) is 8.39. The third-order valence-corrected chi connectivity index (χ3v) is 5.54. The highest BCUT2D eigenvalue weighted by Gasteiger charge is 2.33. The number of aliphatic hydroxyl groups is 1. The standard InChI is InChI=1S/C19H30FN3O/c1-21-12-16(15-2-4-17(20)5-3-15)6-9-22-13-18(14-22)23-10-7-19(24)8-11-23/h2-5,16,18-19,21,24H,6-14H2,1H3. The van der Waals surface area contributed by atoms with Crippen molar-refractivity contribution in [3.8, 4) is 0 Å². The van der Waals surface area contributed by atoms with Crippen LogP contribution < -0.4 is 5.32 Å². The van der Waals surface area contributed by atoms with Crippen LogP contribution in [0.3, 0.4) is 0 Å². The summed E-state index contributed by atoms with van der Waals surface area (Å²) in [6.07, 6.45) is 2.85. The van der Waals surface area contributed by atoms with Gasteiger partial charge in [-0.2, -0.15) is 0 Å². The summed E-state index contributed by atoms with van der Waals surface area (Å²) in [7, 11) is 1.97. The molecule has 1 atom stereocenters. The van der Waals surface area contributed by atoms with E-state index in [4.69, 9.17) is 0 Å². The van der Waals surface area contributed by atoms with Crippen LogP contribution in [0.25, 0.3) is 0 Å². The van der Waals surface area contributed by atoms with Crippen molar-refractivity contribution in [2.24, 2.45) is 0 Å². The van der Waals surface area contributed by atoms with Gasteiger partial charge in [-0.05, 0) is 56.5 Å². The number of hydrogen-bond donors (Lipinski definition) is 2. The Balaban J connectivity index is 1.42. The van der Waals surface area contributed by atoms with E-state index in [0.29, 0.717) is 12.0 Å². The van der Waals surface area contributed by atoms with Crippen molar-refractivity contribution in [3.63, 3.8) is 0 Å². The van der Waals surface area contributed by atoms with E-state index in [9.17, 15) is 9.50 Å². The fraction of sp³-hybridized carbons (Fsp3) is 0.684. The number of nitrogens with zero attached hydrogens (tertiary/aromatic N) is 2. The third-order valence-electron chi connectivity index (χ3n) is 5.54. The molecular formula is C19H30FN3O. The summed E-state index contributed by atoms with van der Waals surface area (Å²) >= 11 is 0. The minimum absolute atomic E-state index is 0.0876. The van der Waals surface area contributed by atoms with Gasteiger partial charge in [-0.25, -0.2) is 4.39 Å². The molecule has 0 saturated carbocycles. The summed E-state index contributed by atoms with van der Waals surface area (Å²) < 4.78 is 13.1. The van der Waals surface area contributed by atoms with Crippen molar-refractivity contribution >= 4 is 0 Å². The fourth-order valence-electron chi connectivity index (χ4n) is 3.91. The topological polar surface area (TPSA) is 38.7 Å². The molecule has 1 unspecified atom stereocenters. The number of piperidine rings is 1. The molecule has 5 heteroatoms. The maximum absolute atomic E-state index is 13.1. The number of nitrogens with one attached hydrogen (secondary N) is 1. The molecule has 0 spiro atoms. The molecule has 134 valence electrons. The summed E-state index contributed by atoms with van der Waals surface area (Å²) in [6, 6.07) is 7.61. The summed E-state index contributed by atoms with van der Waals surface area (Å²) in [5.41, 5.74) is 1.22. The van der Waals surface area contributed by atoms with Gasteiger partial charge in [-0.15, -0.1) is 0 Å². The first-order valence-corrected chi connectivity index (χ1v) is 9.20. The minimum atomic E-state index is -0.167. The Morgan fingerprint density at radius 1 is 1.21 bits per heavy atom. The highest BCUT2D eigenvalue weighted by molar-refractivity contribution is 5.21. The molecule has 2 fully saturated rings. The van der Waals surface area contributed by atoms with E-state index in [0.717, 1.165) is 58.5 Å². The molecule has 0 amide bonds. The van der Waals surface area contributed by atoms with Crippen LogP contribution in [0.1, 0.15) is 30.7 Å². The lowest BCUT2D eigenvalue weighted by molar-refractivity contribution is -0.00520. The van der Waals surface area contributed by atoms with E-state index < -0.39 is 0 Å². The maximum Gasteiger partial charge on any atom is 0.123 e. The summed E-state index contributed by atoms with van der Waals surface area (Å²) in [4.78, 5) is 5.05. The Bertz CT molecular complexity index is 496. The maximum atomic E-state index is 13.1. The molecule has 1 aromatic carbocycles. The minimum Gasteiger partial charge on any atom is -0.393 e. The van der Waals surface area contributed by atoms with E-state index in [1.54, 1.807) is 12.1 Å². The fourth-order valence-corrected chi connectivity index (χ4v) is 3.91. The lowest BCUT2D eigenvalue weighted by atomic mass is 9.94. The smallest absolute Gasteiger partial charge is 0.123 e. The molecule has 4 nitrogen and oxygen atoms in total. The summed E-state index contributed by atoms with van der Waals surface area (Å²) in [6.45, 7) is 6.39. The number of likely N-dealkylation sites (N-methyl/N-ethyl adjacent to an activating group) is 1. The normalized spacial score (nSPS) is 22.5. The number of benzene rings is 1. The van der Waals surface area contributed by atoms with Crippen molar-refractivity contribution < 1.29 is 9.50 Å². The zero-order valence-corrected chi connectivity index (χ0v) is 14.6. The first-order chi connectivity index (χ1) is 11.7. The van der Waals surface area contributed by atoms with Crippen molar-refractivity contribution in [2.75, 3.05) is 46.3 Å². The first kappa shape index (κ1) is 17.8. The SMILES string of the molecule is CNCC(CCN1CC(N2CCC(O)CC2)C1)c1ccc(F)cc1. The molecule has 0 aromatic heterocycles. The van der Waals surface area contributed by atoms with Crippen LogP contribution in [-0.4, -0.2) is 73.4 Å². The van der Waals surface area contributed by atoms with Gasteiger partial charge in [-0.1, -0.05) is 12.1 Å². The average Bonchev–Trinajstić information content (AvgIpc) is 2.55. The van der Waals surface area contributed by atoms with E-state index in [1.807, 2.05) is 19.2 Å². The lowest BCUT2D eigenvalue weighted by Gasteiger charge is -2.47. The molecule has 0 bridgehead atoms. The van der Waals surface area contributed by atoms with Crippen molar-refractivity contribution in [1.29, 1.82) is 0 Å². The quantitative estimate of drug-likeness (QED) is 0.795. The van der Waals surface area contributed by atoms with Crippen molar-refractivity contribution in [3.05, 3.63) is 35.6 Å². The van der Waals surface area contributed by atoms with Gasteiger partial charge in [-0.3, -0.25) is 4.90 Å². The monoisotopic (exact) mass is 335 g/mol. The molecular weight excluding hydrogens is 305 g/mol. The van der Waals surface area contributed by atoms with Crippen molar-refractivity contribution in [2.45, 2.75) is 37.3 Å². The van der Waals surface area contributed by atoms with E-state index in [2.05, 4.69) is 15.1 Å². The van der Waals surface area contributed by atoms with Crippen LogP contribution >= 0.6 is 0 Å². The van der Waals surface area contributed by atoms with Gasteiger partial charge in [0.25, 0.3) is 0 Å². The number of halogens is 1. The van der Waals surface area contributed by atoms with Crippen LogP contribution in [0, 0.1) is 5.82 Å². The van der Waals surface area contributed by atoms with Gasteiger partial charge in [0, 0.05) is 38.8 Å². The highest BCUT2D eigenvalue weighted by Crippen LogP contribution is 2.24. The Hall–Kier alpha value is -1.01. The van der Waals surface area contributed by atoms with Crippen LogP contribution in [0.15, 0.2) is 24.3 Å². The lowest BCUT2D eigenvalue weighted by Crippen LogP contribution is -2.61. The molecule has 2 saturated heterocycles.